The Labute approximate surface area is 110 Å². The molecule has 3 heteroatoms. The van der Waals surface area contributed by atoms with Crippen LogP contribution in [0.2, 0.25) is 0 Å². The van der Waals surface area contributed by atoms with E-state index in [9.17, 15) is 0 Å². The number of anilines is 1. The summed E-state index contributed by atoms with van der Waals surface area (Å²) in [6.07, 6.45) is 7.35. The van der Waals surface area contributed by atoms with Crippen molar-refractivity contribution in [1.82, 2.24) is 10.3 Å². The van der Waals surface area contributed by atoms with Crippen LogP contribution in [0.15, 0.2) is 30.1 Å². The van der Waals surface area contributed by atoms with Gasteiger partial charge in [0.05, 0.1) is 11.9 Å². The summed E-state index contributed by atoms with van der Waals surface area (Å²) in [5, 5.41) is 3.48. The SMILES string of the molecule is CC1=CCCN(c2cnccc2CNC(C)C)C1. The molecule has 0 aromatic carbocycles. The third kappa shape index (κ3) is 3.33. The summed E-state index contributed by atoms with van der Waals surface area (Å²) in [6.45, 7) is 9.59. The molecule has 1 aliphatic heterocycles. The monoisotopic (exact) mass is 245 g/mol. The predicted octanol–water partition coefficient (Wildman–Crippen LogP) is 2.74. The maximum atomic E-state index is 4.28. The van der Waals surface area contributed by atoms with Crippen LogP contribution in [0.1, 0.15) is 32.8 Å². The quantitative estimate of drug-likeness (QED) is 0.827. The Morgan fingerprint density at radius 3 is 3.00 bits per heavy atom. The number of nitrogens with zero attached hydrogens (tertiary/aromatic N) is 2. The lowest BCUT2D eigenvalue weighted by molar-refractivity contribution is 0.587. The lowest BCUT2D eigenvalue weighted by atomic mass is 10.1. The van der Waals surface area contributed by atoms with Crippen LogP contribution in [0.5, 0.6) is 0 Å². The number of rotatable bonds is 4. The predicted molar refractivity (Wildman–Crippen MR) is 76.8 cm³/mol. The summed E-state index contributed by atoms with van der Waals surface area (Å²) in [5.41, 5.74) is 4.07. The fourth-order valence-electron chi connectivity index (χ4n) is 2.28. The molecule has 0 bridgehead atoms. The molecule has 98 valence electrons. The van der Waals surface area contributed by atoms with E-state index in [0.717, 1.165) is 26.1 Å². The molecule has 0 atom stereocenters. The van der Waals surface area contributed by atoms with Crippen molar-refractivity contribution in [2.75, 3.05) is 18.0 Å². The summed E-state index contributed by atoms with van der Waals surface area (Å²) < 4.78 is 0. The van der Waals surface area contributed by atoms with Gasteiger partial charge in [0, 0.05) is 31.9 Å². The Morgan fingerprint density at radius 2 is 2.28 bits per heavy atom. The molecule has 0 aliphatic carbocycles. The molecule has 1 aliphatic rings. The van der Waals surface area contributed by atoms with E-state index < -0.39 is 0 Å². The van der Waals surface area contributed by atoms with Crippen LogP contribution in [0.25, 0.3) is 0 Å². The van der Waals surface area contributed by atoms with E-state index in [1.165, 1.54) is 16.8 Å². The van der Waals surface area contributed by atoms with Crippen LogP contribution in [0, 0.1) is 0 Å². The van der Waals surface area contributed by atoms with Crippen LogP contribution in [-0.2, 0) is 6.54 Å². The number of nitrogens with one attached hydrogen (secondary N) is 1. The van der Waals surface area contributed by atoms with E-state index in [-0.39, 0.29) is 0 Å². The number of hydrogen-bond donors (Lipinski definition) is 1. The van der Waals surface area contributed by atoms with E-state index in [1.807, 2.05) is 12.4 Å². The molecule has 0 spiro atoms. The van der Waals surface area contributed by atoms with E-state index in [0.29, 0.717) is 6.04 Å². The van der Waals surface area contributed by atoms with Gasteiger partial charge in [0.1, 0.15) is 0 Å². The van der Waals surface area contributed by atoms with Crippen molar-refractivity contribution in [2.24, 2.45) is 0 Å². The maximum absolute atomic E-state index is 4.28. The Morgan fingerprint density at radius 1 is 1.44 bits per heavy atom. The third-order valence-electron chi connectivity index (χ3n) is 3.26. The van der Waals surface area contributed by atoms with Crippen LogP contribution in [-0.4, -0.2) is 24.1 Å². The van der Waals surface area contributed by atoms with Crippen LogP contribution < -0.4 is 10.2 Å². The van der Waals surface area contributed by atoms with Gasteiger partial charge in [-0.25, -0.2) is 0 Å². The Balaban J connectivity index is 2.14. The van der Waals surface area contributed by atoms with E-state index in [2.05, 4.69) is 48.1 Å². The topological polar surface area (TPSA) is 28.2 Å². The lowest BCUT2D eigenvalue weighted by Gasteiger charge is -2.30. The van der Waals surface area contributed by atoms with Crippen LogP contribution in [0.3, 0.4) is 0 Å². The number of aromatic nitrogens is 1. The zero-order valence-electron chi connectivity index (χ0n) is 11.6. The minimum absolute atomic E-state index is 0.508. The molecule has 1 aromatic heterocycles. The van der Waals surface area contributed by atoms with Gasteiger partial charge in [-0.15, -0.1) is 0 Å². The fourth-order valence-corrected chi connectivity index (χ4v) is 2.28. The van der Waals surface area contributed by atoms with Crippen molar-refractivity contribution in [1.29, 1.82) is 0 Å². The molecule has 0 radical (unpaired) electrons. The first kappa shape index (κ1) is 13.1. The van der Waals surface area contributed by atoms with E-state index in [4.69, 9.17) is 0 Å². The third-order valence-corrected chi connectivity index (χ3v) is 3.26. The van der Waals surface area contributed by atoms with Crippen molar-refractivity contribution < 1.29 is 0 Å². The molecular formula is C15H23N3. The standard InChI is InChI=1S/C15H23N3/c1-12(2)17-9-14-6-7-16-10-15(14)18-8-4-5-13(3)11-18/h5-7,10,12,17H,4,8-9,11H2,1-3H3. The molecule has 3 nitrogen and oxygen atoms in total. The maximum Gasteiger partial charge on any atom is 0.0601 e. The van der Waals surface area contributed by atoms with Crippen molar-refractivity contribution in [3.63, 3.8) is 0 Å². The first-order valence-corrected chi connectivity index (χ1v) is 6.73. The molecule has 1 aromatic rings. The average Bonchev–Trinajstić information content (AvgIpc) is 2.36. The highest BCUT2D eigenvalue weighted by Crippen LogP contribution is 2.23. The highest BCUT2D eigenvalue weighted by molar-refractivity contribution is 5.53. The smallest absolute Gasteiger partial charge is 0.0601 e. The van der Waals surface area contributed by atoms with Gasteiger partial charge in [0.2, 0.25) is 0 Å². The summed E-state index contributed by atoms with van der Waals surface area (Å²) in [6, 6.07) is 2.63. The molecule has 2 heterocycles. The van der Waals surface area contributed by atoms with Crippen molar-refractivity contribution in [2.45, 2.75) is 39.8 Å². The first-order chi connectivity index (χ1) is 8.66. The van der Waals surface area contributed by atoms with Gasteiger partial charge >= 0.3 is 0 Å². The zero-order chi connectivity index (χ0) is 13.0. The molecule has 0 fully saturated rings. The van der Waals surface area contributed by atoms with Crippen molar-refractivity contribution >= 4 is 5.69 Å². The summed E-state index contributed by atoms with van der Waals surface area (Å²) in [4.78, 5) is 6.71. The van der Waals surface area contributed by atoms with Crippen molar-refractivity contribution in [3.05, 3.63) is 35.7 Å². The molecular weight excluding hydrogens is 222 g/mol. The number of hydrogen-bond acceptors (Lipinski definition) is 3. The molecule has 0 amide bonds. The Kier molecular flexibility index (Phi) is 4.37. The second-order valence-corrected chi connectivity index (χ2v) is 5.30. The van der Waals surface area contributed by atoms with E-state index >= 15 is 0 Å². The van der Waals surface area contributed by atoms with Crippen LogP contribution >= 0.6 is 0 Å². The van der Waals surface area contributed by atoms with Gasteiger partial charge in [0.15, 0.2) is 0 Å². The van der Waals surface area contributed by atoms with Gasteiger partial charge < -0.3 is 10.2 Å². The molecule has 0 saturated heterocycles. The van der Waals surface area contributed by atoms with Gasteiger partial charge in [-0.1, -0.05) is 25.5 Å². The van der Waals surface area contributed by atoms with Gasteiger partial charge in [-0.2, -0.15) is 0 Å². The summed E-state index contributed by atoms with van der Waals surface area (Å²) >= 11 is 0. The second kappa shape index (κ2) is 6.01. The van der Waals surface area contributed by atoms with Gasteiger partial charge in [-0.3, -0.25) is 4.98 Å². The molecule has 2 rings (SSSR count). The molecule has 0 saturated carbocycles. The highest BCUT2D eigenvalue weighted by atomic mass is 15.1. The largest absolute Gasteiger partial charge is 0.366 e. The first-order valence-electron chi connectivity index (χ1n) is 6.73. The zero-order valence-corrected chi connectivity index (χ0v) is 11.6. The second-order valence-electron chi connectivity index (χ2n) is 5.30. The van der Waals surface area contributed by atoms with Crippen LogP contribution in [0.4, 0.5) is 5.69 Å². The Hall–Kier alpha value is -1.35. The van der Waals surface area contributed by atoms with Crippen molar-refractivity contribution in [3.8, 4) is 0 Å². The minimum atomic E-state index is 0.508. The summed E-state index contributed by atoms with van der Waals surface area (Å²) in [5.74, 6) is 0. The summed E-state index contributed by atoms with van der Waals surface area (Å²) in [7, 11) is 0. The van der Waals surface area contributed by atoms with Gasteiger partial charge in [-0.05, 0) is 25.0 Å². The normalized spacial score (nSPS) is 16.0. The average molecular weight is 245 g/mol. The van der Waals surface area contributed by atoms with E-state index in [1.54, 1.807) is 0 Å². The molecule has 0 unspecified atom stereocenters. The lowest BCUT2D eigenvalue weighted by Crippen LogP contribution is -2.31. The molecule has 18 heavy (non-hydrogen) atoms. The number of pyridine rings is 1. The fraction of sp³-hybridized carbons (Fsp3) is 0.533. The van der Waals surface area contributed by atoms with Gasteiger partial charge in [0.25, 0.3) is 0 Å². The minimum Gasteiger partial charge on any atom is -0.366 e. The highest BCUT2D eigenvalue weighted by Gasteiger charge is 2.14. The Bertz CT molecular complexity index is 424. The molecule has 1 N–H and O–H groups in total.